The zero-order valence-corrected chi connectivity index (χ0v) is 38.1. The van der Waals surface area contributed by atoms with Gasteiger partial charge in [0, 0.05) is 43.5 Å². The molecule has 1 aliphatic carbocycles. The third-order valence-corrected chi connectivity index (χ3v) is 13.5. The van der Waals surface area contributed by atoms with Crippen LogP contribution in [0.5, 0.6) is 11.5 Å². The van der Waals surface area contributed by atoms with Gasteiger partial charge in [0.25, 0.3) is 0 Å². The lowest BCUT2D eigenvalue weighted by atomic mass is 9.86. The number of aromatic amines is 1. The van der Waals surface area contributed by atoms with E-state index in [9.17, 15) is 29.4 Å². The summed E-state index contributed by atoms with van der Waals surface area (Å²) in [6, 6.07) is 30.3. The number of pyridine rings is 1. The zero-order chi connectivity index (χ0) is 46.5. The molecule has 4 aliphatic rings. The van der Waals surface area contributed by atoms with Crippen LogP contribution in [0, 0.1) is 11.8 Å². The number of phenols is 1. The lowest BCUT2D eigenvalue weighted by molar-refractivity contribution is -0.136. The number of hydrogen-bond donors (Lipinski definition) is 5. The van der Waals surface area contributed by atoms with Crippen molar-refractivity contribution in [1.29, 1.82) is 0 Å². The second kappa shape index (κ2) is 23.0. The van der Waals surface area contributed by atoms with Crippen LogP contribution in [0.1, 0.15) is 103 Å². The van der Waals surface area contributed by atoms with Gasteiger partial charge in [-0.15, -0.1) is 0 Å². The molecule has 354 valence electrons. The minimum absolute atomic E-state index is 0.00483. The number of phenolic OH excluding ortho intramolecular Hbond substituents is 1. The Morgan fingerprint density at radius 2 is 1.60 bits per heavy atom. The molecular weight excluding hydrogens is 851 g/mol. The van der Waals surface area contributed by atoms with Crippen molar-refractivity contribution in [2.45, 2.75) is 82.6 Å². The molecule has 2 unspecified atom stereocenters. The van der Waals surface area contributed by atoms with Crippen molar-refractivity contribution in [3.8, 4) is 11.5 Å². The number of hydrogen-bond acceptors (Lipinski definition) is 11. The molecule has 1 saturated carbocycles. The molecule has 2 amide bonds. The number of aliphatic hydroxyl groups excluding tert-OH is 1. The summed E-state index contributed by atoms with van der Waals surface area (Å²) in [5, 5.41) is 28.1. The van der Waals surface area contributed by atoms with E-state index < -0.39 is 24.2 Å². The van der Waals surface area contributed by atoms with Gasteiger partial charge in [-0.25, -0.2) is 9.59 Å². The van der Waals surface area contributed by atoms with Crippen LogP contribution in [0.15, 0.2) is 108 Å². The van der Waals surface area contributed by atoms with Crippen LogP contribution in [0.4, 0.5) is 4.79 Å². The van der Waals surface area contributed by atoms with E-state index in [1.54, 1.807) is 24.3 Å². The topological polar surface area (TPSA) is 183 Å². The maximum atomic E-state index is 13.7. The summed E-state index contributed by atoms with van der Waals surface area (Å²) in [7, 11) is 0. The molecule has 1 aromatic heterocycles. The van der Waals surface area contributed by atoms with Crippen LogP contribution < -0.4 is 20.9 Å². The molecule has 14 nitrogen and oxygen atoms in total. The lowest BCUT2D eigenvalue weighted by Gasteiger charge is -2.43. The molecule has 4 aromatic carbocycles. The van der Waals surface area contributed by atoms with E-state index in [-0.39, 0.29) is 54.5 Å². The highest BCUT2D eigenvalue weighted by Gasteiger charge is 2.37. The van der Waals surface area contributed by atoms with E-state index in [1.807, 2.05) is 71.6 Å². The Kier molecular flexibility index (Phi) is 16.2. The first-order valence-corrected chi connectivity index (χ1v) is 23.9. The summed E-state index contributed by atoms with van der Waals surface area (Å²) in [5.41, 5.74) is 3.62. The highest BCUT2D eigenvalue weighted by Crippen LogP contribution is 2.32. The third-order valence-electron chi connectivity index (χ3n) is 13.5. The maximum absolute atomic E-state index is 13.7. The van der Waals surface area contributed by atoms with Gasteiger partial charge in [0.15, 0.2) is 0 Å². The van der Waals surface area contributed by atoms with E-state index >= 15 is 0 Å². The molecule has 4 heterocycles. The van der Waals surface area contributed by atoms with Crippen LogP contribution in [0.2, 0.25) is 0 Å². The number of esters is 1. The Morgan fingerprint density at radius 3 is 2.36 bits per heavy atom. The summed E-state index contributed by atoms with van der Waals surface area (Å²) < 4.78 is 17.8. The number of aromatic nitrogens is 1. The van der Waals surface area contributed by atoms with Crippen molar-refractivity contribution >= 4 is 28.9 Å². The Bertz CT molecular complexity index is 2480. The van der Waals surface area contributed by atoms with Crippen LogP contribution in [0.25, 0.3) is 10.9 Å². The van der Waals surface area contributed by atoms with Gasteiger partial charge in [-0.3, -0.25) is 14.5 Å². The highest BCUT2D eigenvalue weighted by atomic mass is 16.6. The zero-order valence-electron chi connectivity index (χ0n) is 38.1. The molecule has 3 saturated heterocycles. The van der Waals surface area contributed by atoms with Gasteiger partial charge in [0.1, 0.15) is 24.2 Å². The molecular formula is C53H63N5O9. The minimum Gasteiger partial charge on any atom is -0.506 e. The summed E-state index contributed by atoms with van der Waals surface area (Å²) in [6.07, 6.45) is 6.90. The minimum atomic E-state index is -0.877. The monoisotopic (exact) mass is 913 g/mol. The number of rotatable bonds is 20. The van der Waals surface area contributed by atoms with E-state index in [0.717, 1.165) is 81.3 Å². The van der Waals surface area contributed by atoms with Crippen molar-refractivity contribution in [3.05, 3.63) is 141 Å². The molecule has 3 atom stereocenters. The number of ether oxygens (including phenoxy) is 3. The van der Waals surface area contributed by atoms with E-state index in [0.29, 0.717) is 60.7 Å². The van der Waals surface area contributed by atoms with Crippen molar-refractivity contribution in [3.63, 3.8) is 0 Å². The molecule has 0 radical (unpaired) electrons. The number of alkyl carbamates (subject to hydrolysis) is 1. The number of aliphatic hydroxyl groups is 1. The molecule has 9 rings (SSSR count). The number of benzene rings is 4. The van der Waals surface area contributed by atoms with Crippen LogP contribution in [0.3, 0.4) is 0 Å². The number of aromatic hydroxyl groups is 1. The number of carbonyl (C=O) groups is 3. The lowest BCUT2D eigenvalue weighted by Crippen LogP contribution is -2.52. The standard InChI is InChI=1S/C53H63N5O9/c59-45-22-20-43(44-21-23-48(61)55-50(44)45)46(60)33-54-26-8-27-58(51(62)39-12-5-2-6-13-39)28-9-31-65-52(63)40-18-16-36(17-19-40)35-66-42-15-7-14-41(32-42)49(38-10-3-1-4-11-38)56-53(64)67-47-34-57-29-24-37(47)25-30-57/h1,3-4,7,10-11,14-23,32,37,39,46-47,49,54,59-60H,2,5-6,8-9,12-13,24-31,33-35H2,(H,55,61)(H,56,64)/t46?,47?,49-/m0/s1. The van der Waals surface area contributed by atoms with Gasteiger partial charge >= 0.3 is 12.1 Å². The fourth-order valence-corrected chi connectivity index (χ4v) is 9.76. The summed E-state index contributed by atoms with van der Waals surface area (Å²) in [6.45, 7) is 5.17. The van der Waals surface area contributed by atoms with Crippen LogP contribution >= 0.6 is 0 Å². The van der Waals surface area contributed by atoms with E-state index in [4.69, 9.17) is 14.2 Å². The van der Waals surface area contributed by atoms with E-state index in [1.165, 1.54) is 12.1 Å². The SMILES string of the molecule is O=C(N[C@@H](c1ccccc1)c1cccc(OCc2ccc(C(=O)OCCCN(CCCNCC(O)c3ccc(O)c4[nH]c(=O)ccc34)C(=O)C3CCCCC3)cc2)c1)OC1CN2CCC1CC2. The molecule has 2 bridgehead atoms. The predicted molar refractivity (Wildman–Crippen MR) is 255 cm³/mol. The van der Waals surface area contributed by atoms with Gasteiger partial charge in [0.2, 0.25) is 11.5 Å². The number of H-pyrrole nitrogens is 1. The quantitative estimate of drug-likeness (QED) is 0.0388. The number of carbonyl (C=O) groups excluding carboxylic acids is 3. The maximum Gasteiger partial charge on any atom is 0.408 e. The molecule has 4 fully saturated rings. The molecule has 3 aliphatic heterocycles. The van der Waals surface area contributed by atoms with Gasteiger partial charge in [-0.05, 0) is 123 Å². The smallest absolute Gasteiger partial charge is 0.408 e. The largest absolute Gasteiger partial charge is 0.506 e. The van der Waals surface area contributed by atoms with Gasteiger partial charge in [0.05, 0.1) is 29.8 Å². The summed E-state index contributed by atoms with van der Waals surface area (Å²) in [4.78, 5) is 58.7. The number of amides is 2. The summed E-state index contributed by atoms with van der Waals surface area (Å²) >= 11 is 0. The van der Waals surface area contributed by atoms with Gasteiger partial charge in [-0.2, -0.15) is 0 Å². The Hall–Kier alpha value is -6.22. The van der Waals surface area contributed by atoms with E-state index in [2.05, 4.69) is 20.5 Å². The third kappa shape index (κ3) is 12.6. The Balaban J connectivity index is 0.790. The predicted octanol–water partition coefficient (Wildman–Crippen LogP) is 7.39. The molecule has 14 heteroatoms. The fourth-order valence-electron chi connectivity index (χ4n) is 9.76. The average Bonchev–Trinajstić information content (AvgIpc) is 3.36. The highest BCUT2D eigenvalue weighted by molar-refractivity contribution is 5.89. The number of fused-ring (bicyclic) bond motifs is 4. The second-order valence-electron chi connectivity index (χ2n) is 18.1. The van der Waals surface area contributed by atoms with Crippen LogP contribution in [-0.4, -0.2) is 101 Å². The van der Waals surface area contributed by atoms with Crippen LogP contribution in [-0.2, 0) is 20.9 Å². The van der Waals surface area contributed by atoms with Crippen molar-refractivity contribution in [2.75, 3.05) is 52.4 Å². The first-order valence-electron chi connectivity index (χ1n) is 23.9. The first-order chi connectivity index (χ1) is 32.7. The van der Waals surface area contributed by atoms with Gasteiger partial charge < -0.3 is 44.9 Å². The molecule has 67 heavy (non-hydrogen) atoms. The second-order valence-corrected chi connectivity index (χ2v) is 18.1. The number of nitrogens with one attached hydrogen (secondary N) is 3. The number of piperidine rings is 3. The normalized spacial score (nSPS) is 19.0. The van der Waals surface area contributed by atoms with Crippen molar-refractivity contribution < 1.29 is 38.8 Å². The Labute approximate surface area is 391 Å². The average molecular weight is 914 g/mol. The van der Waals surface area contributed by atoms with Crippen molar-refractivity contribution in [1.82, 2.24) is 25.4 Å². The van der Waals surface area contributed by atoms with Crippen molar-refractivity contribution in [2.24, 2.45) is 11.8 Å². The summed E-state index contributed by atoms with van der Waals surface area (Å²) in [5.74, 6) is 0.700. The fraction of sp³-hybridized carbons (Fsp3) is 0.434. The molecule has 0 spiro atoms. The molecule has 5 N–H and O–H groups in total. The molecule has 5 aromatic rings. The Morgan fingerprint density at radius 1 is 0.836 bits per heavy atom. The number of nitrogens with zero attached hydrogens (tertiary/aromatic N) is 2. The first kappa shape index (κ1) is 47.3. The van der Waals surface area contributed by atoms with Gasteiger partial charge in [-0.1, -0.05) is 79.9 Å².